The molecular weight excluding hydrogens is 182 g/mol. The van der Waals surface area contributed by atoms with Crippen molar-refractivity contribution in [2.75, 3.05) is 12.7 Å². The van der Waals surface area contributed by atoms with Crippen LogP contribution in [0.5, 0.6) is 0 Å². The van der Waals surface area contributed by atoms with Crippen LogP contribution in [0.1, 0.15) is 34.1 Å². The van der Waals surface area contributed by atoms with Crippen molar-refractivity contribution >= 4 is 16.3 Å². The molecule has 0 heterocycles. The summed E-state index contributed by atoms with van der Waals surface area (Å²) in [4.78, 5) is 13.1. The Morgan fingerprint density at radius 2 is 2.00 bits per heavy atom. The number of rotatable bonds is 3. The average Bonchev–Trinajstić information content (AvgIpc) is 1.96. The topological polar surface area (TPSA) is 29.5 Å². The first-order chi connectivity index (χ1) is 5.90. The molecule has 0 aliphatic rings. The van der Waals surface area contributed by atoms with Gasteiger partial charge in [0.05, 0.1) is 10.2 Å². The summed E-state index contributed by atoms with van der Waals surface area (Å²) in [5.74, 6) is 0. The summed E-state index contributed by atoms with van der Waals surface area (Å²) in [5, 5.41) is 0. The number of carbonyl (C=O) groups excluding carboxylic acids is 1. The van der Waals surface area contributed by atoms with Gasteiger partial charge in [-0.15, -0.1) is 0 Å². The fourth-order valence-electron chi connectivity index (χ4n) is 0.831. The Labute approximate surface area is 83.9 Å². The number of carbonyl (C=O) groups is 1. The second-order valence-electron chi connectivity index (χ2n) is 3.90. The number of hydrogen-bond acceptors (Lipinski definition) is 2. The molecular formula is C9H18NO2Si. The van der Waals surface area contributed by atoms with Crippen molar-refractivity contribution < 1.29 is 9.53 Å². The van der Waals surface area contributed by atoms with Crippen LogP contribution >= 0.6 is 0 Å². The van der Waals surface area contributed by atoms with E-state index in [0.717, 1.165) is 13.0 Å². The van der Waals surface area contributed by atoms with Gasteiger partial charge in [0.25, 0.3) is 0 Å². The van der Waals surface area contributed by atoms with E-state index in [1.807, 2.05) is 27.7 Å². The molecule has 75 valence electrons. The summed E-state index contributed by atoms with van der Waals surface area (Å²) < 4.78 is 5.20. The third-order valence-electron chi connectivity index (χ3n) is 1.34. The van der Waals surface area contributed by atoms with E-state index < -0.39 is 5.60 Å². The monoisotopic (exact) mass is 200 g/mol. The standard InChI is InChI=1S/C9H18NO2Si/c1-5-6-10(7-13)8(11)12-9(2,3)4/h5-7H2,1-4H3. The lowest BCUT2D eigenvalue weighted by atomic mass is 10.2. The van der Waals surface area contributed by atoms with Gasteiger partial charge < -0.3 is 9.64 Å². The number of nitrogens with zero attached hydrogens (tertiary/aromatic N) is 1. The zero-order chi connectivity index (χ0) is 10.5. The minimum atomic E-state index is -0.412. The van der Waals surface area contributed by atoms with E-state index in [4.69, 9.17) is 4.74 Å². The molecule has 3 radical (unpaired) electrons. The van der Waals surface area contributed by atoms with Crippen molar-refractivity contribution in [3.8, 4) is 0 Å². The average molecular weight is 200 g/mol. The van der Waals surface area contributed by atoms with Crippen LogP contribution in [0.3, 0.4) is 0 Å². The van der Waals surface area contributed by atoms with Crippen LogP contribution in [-0.4, -0.2) is 39.5 Å². The van der Waals surface area contributed by atoms with Crippen LogP contribution in [0.2, 0.25) is 0 Å². The Morgan fingerprint density at radius 1 is 1.46 bits per heavy atom. The van der Waals surface area contributed by atoms with Crippen molar-refractivity contribution in [2.24, 2.45) is 0 Å². The molecule has 0 atom stereocenters. The van der Waals surface area contributed by atoms with Crippen LogP contribution in [0.25, 0.3) is 0 Å². The zero-order valence-electron chi connectivity index (χ0n) is 8.89. The molecule has 1 amide bonds. The lowest BCUT2D eigenvalue weighted by Crippen LogP contribution is -2.38. The lowest BCUT2D eigenvalue weighted by molar-refractivity contribution is 0.0284. The summed E-state index contributed by atoms with van der Waals surface area (Å²) in [6.45, 7) is 8.34. The molecule has 0 saturated heterocycles. The first kappa shape index (κ1) is 12.5. The predicted octanol–water partition coefficient (Wildman–Crippen LogP) is 1.76. The van der Waals surface area contributed by atoms with Gasteiger partial charge >= 0.3 is 6.09 Å². The Balaban J connectivity index is 4.06. The molecule has 0 aromatic carbocycles. The van der Waals surface area contributed by atoms with Crippen LogP contribution in [0, 0.1) is 0 Å². The highest BCUT2D eigenvalue weighted by Crippen LogP contribution is 2.09. The van der Waals surface area contributed by atoms with Crippen molar-refractivity contribution in [3.05, 3.63) is 0 Å². The summed E-state index contributed by atoms with van der Waals surface area (Å²) in [6, 6.07) is 0. The van der Waals surface area contributed by atoms with Crippen LogP contribution in [0.15, 0.2) is 0 Å². The molecule has 3 nitrogen and oxygen atoms in total. The van der Waals surface area contributed by atoms with Gasteiger partial charge in [-0.3, -0.25) is 0 Å². The highest BCUT2D eigenvalue weighted by molar-refractivity contribution is 6.09. The molecule has 0 saturated carbocycles. The second kappa shape index (κ2) is 5.27. The van der Waals surface area contributed by atoms with Crippen molar-refractivity contribution in [3.63, 3.8) is 0 Å². The third-order valence-corrected chi connectivity index (χ3v) is 1.72. The van der Waals surface area contributed by atoms with Crippen LogP contribution in [-0.2, 0) is 4.74 Å². The quantitative estimate of drug-likeness (QED) is 0.650. The molecule has 0 fully saturated rings. The van der Waals surface area contributed by atoms with Crippen molar-refractivity contribution in [1.29, 1.82) is 0 Å². The van der Waals surface area contributed by atoms with E-state index in [0.29, 0.717) is 6.17 Å². The summed E-state index contributed by atoms with van der Waals surface area (Å²) in [5.41, 5.74) is -0.412. The van der Waals surface area contributed by atoms with E-state index >= 15 is 0 Å². The van der Waals surface area contributed by atoms with Gasteiger partial charge in [0, 0.05) is 12.7 Å². The maximum Gasteiger partial charge on any atom is 0.409 e. The van der Waals surface area contributed by atoms with Gasteiger partial charge in [-0.05, 0) is 27.2 Å². The van der Waals surface area contributed by atoms with Gasteiger partial charge in [0.1, 0.15) is 5.60 Å². The zero-order valence-corrected chi connectivity index (χ0v) is 9.89. The SMILES string of the molecule is CCCN(C[Si])C(=O)OC(C)(C)C. The first-order valence-electron chi connectivity index (χ1n) is 4.53. The molecule has 13 heavy (non-hydrogen) atoms. The molecule has 0 unspecified atom stereocenters. The Morgan fingerprint density at radius 3 is 2.31 bits per heavy atom. The summed E-state index contributed by atoms with van der Waals surface area (Å²) in [6.07, 6.45) is 1.19. The molecule has 0 aromatic rings. The van der Waals surface area contributed by atoms with E-state index in [-0.39, 0.29) is 6.09 Å². The molecule has 0 rings (SSSR count). The Hall–Kier alpha value is -0.513. The van der Waals surface area contributed by atoms with Gasteiger partial charge in [0.15, 0.2) is 0 Å². The largest absolute Gasteiger partial charge is 0.444 e. The lowest BCUT2D eigenvalue weighted by Gasteiger charge is -2.26. The minimum absolute atomic E-state index is 0.260. The van der Waals surface area contributed by atoms with Crippen LogP contribution in [0.4, 0.5) is 4.79 Å². The van der Waals surface area contributed by atoms with Crippen molar-refractivity contribution in [2.45, 2.75) is 39.7 Å². The van der Waals surface area contributed by atoms with E-state index in [1.165, 1.54) is 0 Å². The summed E-state index contributed by atoms with van der Waals surface area (Å²) in [7, 11) is 3.30. The fourth-order valence-corrected chi connectivity index (χ4v) is 1.12. The predicted molar refractivity (Wildman–Crippen MR) is 53.9 cm³/mol. The molecule has 0 aliphatic carbocycles. The highest BCUT2D eigenvalue weighted by atomic mass is 28.1. The Bertz CT molecular complexity index is 165. The fraction of sp³-hybridized carbons (Fsp3) is 0.889. The maximum absolute atomic E-state index is 11.5. The second-order valence-corrected chi connectivity index (χ2v) is 4.22. The molecule has 0 N–H and O–H groups in total. The van der Waals surface area contributed by atoms with E-state index in [9.17, 15) is 4.79 Å². The van der Waals surface area contributed by atoms with Gasteiger partial charge in [-0.2, -0.15) is 0 Å². The minimum Gasteiger partial charge on any atom is -0.444 e. The Kier molecular flexibility index (Phi) is 5.06. The maximum atomic E-state index is 11.5. The van der Waals surface area contributed by atoms with Gasteiger partial charge in [-0.25, -0.2) is 4.79 Å². The molecule has 4 heteroatoms. The molecule has 0 aromatic heterocycles. The van der Waals surface area contributed by atoms with Gasteiger partial charge in [0.2, 0.25) is 0 Å². The molecule has 0 bridgehead atoms. The van der Waals surface area contributed by atoms with E-state index in [2.05, 4.69) is 10.2 Å². The number of amides is 1. The first-order valence-corrected chi connectivity index (χ1v) is 5.24. The number of ether oxygens (including phenoxy) is 1. The van der Waals surface area contributed by atoms with Gasteiger partial charge in [-0.1, -0.05) is 6.92 Å². The molecule has 0 spiro atoms. The highest BCUT2D eigenvalue weighted by Gasteiger charge is 2.19. The third kappa shape index (κ3) is 5.68. The van der Waals surface area contributed by atoms with E-state index in [1.54, 1.807) is 4.90 Å². The van der Waals surface area contributed by atoms with Crippen LogP contribution < -0.4 is 0 Å². The normalized spacial score (nSPS) is 11.2. The smallest absolute Gasteiger partial charge is 0.409 e. The van der Waals surface area contributed by atoms with Crippen molar-refractivity contribution in [1.82, 2.24) is 4.90 Å². The number of hydrogen-bond donors (Lipinski definition) is 0. The molecule has 0 aliphatic heterocycles. The summed E-state index contributed by atoms with van der Waals surface area (Å²) >= 11 is 0.